The van der Waals surface area contributed by atoms with Crippen molar-refractivity contribution in [2.45, 2.75) is 57.5 Å². The second-order valence-corrected chi connectivity index (χ2v) is 8.58. The van der Waals surface area contributed by atoms with Crippen molar-refractivity contribution in [2.24, 2.45) is 5.92 Å². The van der Waals surface area contributed by atoms with Crippen molar-refractivity contribution < 1.29 is 14.3 Å². The molecular formula is C24H25ClO3. The molecule has 1 aliphatic heterocycles. The largest absolute Gasteiger partial charge is 0.450 e. The van der Waals surface area contributed by atoms with E-state index >= 15 is 0 Å². The number of ketones is 1. The second kappa shape index (κ2) is 7.36. The lowest BCUT2D eigenvalue weighted by Crippen LogP contribution is -2.41. The number of aryl methyl sites for hydroxylation is 1. The van der Waals surface area contributed by atoms with Crippen LogP contribution in [0.15, 0.2) is 42.5 Å². The fourth-order valence-corrected chi connectivity index (χ4v) is 4.74. The molecule has 1 spiro atoms. The highest BCUT2D eigenvalue weighted by molar-refractivity contribution is 6.30. The van der Waals surface area contributed by atoms with Crippen LogP contribution in [0.4, 0.5) is 0 Å². The van der Waals surface area contributed by atoms with Gasteiger partial charge < -0.3 is 4.74 Å². The number of hydrogen-bond acceptors (Lipinski definition) is 3. The van der Waals surface area contributed by atoms with Crippen molar-refractivity contribution in [3.63, 3.8) is 0 Å². The van der Waals surface area contributed by atoms with E-state index in [1.807, 2.05) is 49.4 Å². The van der Waals surface area contributed by atoms with Crippen LogP contribution in [0.25, 0.3) is 11.1 Å². The smallest absolute Gasteiger partial charge is 0.322 e. The van der Waals surface area contributed by atoms with Crippen molar-refractivity contribution in [3.8, 4) is 11.1 Å². The van der Waals surface area contributed by atoms with Gasteiger partial charge in [0.2, 0.25) is 0 Å². The first-order valence-corrected chi connectivity index (χ1v) is 10.4. The lowest BCUT2D eigenvalue weighted by atomic mass is 9.73. The van der Waals surface area contributed by atoms with Gasteiger partial charge in [0.25, 0.3) is 0 Å². The lowest BCUT2D eigenvalue weighted by molar-refractivity contribution is -0.155. The van der Waals surface area contributed by atoms with E-state index in [0.717, 1.165) is 41.5 Å². The number of halogens is 1. The minimum absolute atomic E-state index is 0.0524. The summed E-state index contributed by atoms with van der Waals surface area (Å²) in [4.78, 5) is 26.2. The predicted octanol–water partition coefficient (Wildman–Crippen LogP) is 5.86. The normalized spacial score (nSPS) is 27.2. The molecule has 2 fully saturated rings. The molecule has 3 nitrogen and oxygen atoms in total. The number of benzene rings is 2. The first-order valence-electron chi connectivity index (χ1n) is 10.1. The fraction of sp³-hybridized carbons (Fsp3) is 0.417. The molecule has 146 valence electrons. The van der Waals surface area contributed by atoms with Crippen LogP contribution >= 0.6 is 11.6 Å². The Hall–Kier alpha value is -2.13. The summed E-state index contributed by atoms with van der Waals surface area (Å²) >= 11 is 5.99. The Kier molecular flexibility index (Phi) is 5.05. The molecule has 1 heterocycles. The molecule has 4 heteroatoms. The highest BCUT2D eigenvalue weighted by Gasteiger charge is 2.56. The maximum atomic E-state index is 13.4. The molecule has 0 bridgehead atoms. The summed E-state index contributed by atoms with van der Waals surface area (Å²) in [6, 6.07) is 13.5. The zero-order valence-electron chi connectivity index (χ0n) is 16.3. The van der Waals surface area contributed by atoms with Crippen LogP contribution in [0.3, 0.4) is 0 Å². The number of carbonyl (C=O) groups excluding carboxylic acids is 2. The van der Waals surface area contributed by atoms with Gasteiger partial charge in [-0.1, -0.05) is 49.2 Å². The summed E-state index contributed by atoms with van der Waals surface area (Å²) in [6.07, 6.45) is 4.33. The molecule has 2 aromatic rings. The van der Waals surface area contributed by atoms with Crippen molar-refractivity contribution in [3.05, 3.63) is 58.6 Å². The van der Waals surface area contributed by atoms with E-state index in [1.54, 1.807) is 0 Å². The monoisotopic (exact) mass is 396 g/mol. The third-order valence-electron chi connectivity index (χ3n) is 6.50. The molecule has 28 heavy (non-hydrogen) atoms. The summed E-state index contributed by atoms with van der Waals surface area (Å²) in [7, 11) is 0. The number of ether oxygens (including phenoxy) is 1. The molecule has 0 aromatic heterocycles. The molecule has 1 atom stereocenters. The van der Waals surface area contributed by atoms with E-state index < -0.39 is 17.5 Å². The Bertz CT molecular complexity index is 908. The first kappa shape index (κ1) is 19.2. The summed E-state index contributed by atoms with van der Waals surface area (Å²) in [5, 5.41) is 0.676. The standard InChI is InChI=1S/C24H25ClO3/c1-3-16-10-12-24(13-11-16)22(26)21(23(27)28-24)20-14-18(5-4-15(20)2)17-6-8-19(25)9-7-17/h4-9,14,16,21H,3,10-13H2,1-2H3. The average Bonchev–Trinajstić information content (AvgIpc) is 2.93. The third kappa shape index (κ3) is 3.26. The molecule has 0 N–H and O–H groups in total. The van der Waals surface area contributed by atoms with E-state index in [9.17, 15) is 9.59 Å². The first-order chi connectivity index (χ1) is 13.4. The molecule has 1 aliphatic carbocycles. The van der Waals surface area contributed by atoms with E-state index in [0.29, 0.717) is 23.8 Å². The topological polar surface area (TPSA) is 43.4 Å². The Labute approximate surface area is 171 Å². The summed E-state index contributed by atoms with van der Waals surface area (Å²) in [6.45, 7) is 4.13. The van der Waals surface area contributed by atoms with Crippen molar-refractivity contribution in [1.29, 1.82) is 0 Å². The molecule has 1 saturated carbocycles. The SMILES string of the molecule is CCC1CCC2(CC1)OC(=O)C(c1cc(-c3ccc(Cl)cc3)ccc1C)C2=O. The zero-order valence-corrected chi connectivity index (χ0v) is 17.1. The maximum absolute atomic E-state index is 13.4. The van der Waals surface area contributed by atoms with Gasteiger partial charge in [-0.15, -0.1) is 0 Å². The molecule has 1 saturated heterocycles. The van der Waals surface area contributed by atoms with Crippen LogP contribution < -0.4 is 0 Å². The number of Topliss-reactive ketones (excluding diaryl/α,β-unsaturated/α-hetero) is 1. The molecule has 0 amide bonds. The highest BCUT2D eigenvalue weighted by Crippen LogP contribution is 2.46. The van der Waals surface area contributed by atoms with E-state index in [4.69, 9.17) is 16.3 Å². The van der Waals surface area contributed by atoms with Gasteiger partial charge in [-0.3, -0.25) is 9.59 Å². The third-order valence-corrected chi connectivity index (χ3v) is 6.75. The van der Waals surface area contributed by atoms with Gasteiger partial charge in [-0.2, -0.15) is 0 Å². The Balaban J connectivity index is 1.67. The van der Waals surface area contributed by atoms with E-state index in [-0.39, 0.29) is 5.78 Å². The summed E-state index contributed by atoms with van der Waals surface area (Å²) in [5.41, 5.74) is 2.76. The van der Waals surface area contributed by atoms with Gasteiger partial charge in [0.15, 0.2) is 11.4 Å². The van der Waals surface area contributed by atoms with Gasteiger partial charge in [-0.05, 0) is 79.0 Å². The predicted molar refractivity (Wildman–Crippen MR) is 110 cm³/mol. The van der Waals surface area contributed by atoms with Crippen molar-refractivity contribution in [2.75, 3.05) is 0 Å². The van der Waals surface area contributed by atoms with Crippen LogP contribution in [0.5, 0.6) is 0 Å². The van der Waals surface area contributed by atoms with Crippen LogP contribution in [-0.2, 0) is 14.3 Å². The number of rotatable bonds is 3. The van der Waals surface area contributed by atoms with Gasteiger partial charge >= 0.3 is 5.97 Å². The zero-order chi connectivity index (χ0) is 19.9. The van der Waals surface area contributed by atoms with Crippen LogP contribution in [0.1, 0.15) is 56.1 Å². The van der Waals surface area contributed by atoms with Gasteiger partial charge in [0, 0.05) is 5.02 Å². The summed E-state index contributed by atoms with van der Waals surface area (Å²) in [5.74, 6) is -0.628. The van der Waals surface area contributed by atoms with Gasteiger partial charge in [-0.25, -0.2) is 0 Å². The minimum Gasteiger partial charge on any atom is -0.450 e. The van der Waals surface area contributed by atoms with Crippen molar-refractivity contribution >= 4 is 23.4 Å². The molecular weight excluding hydrogens is 372 g/mol. The average molecular weight is 397 g/mol. The molecule has 2 aromatic carbocycles. The Morgan fingerprint density at radius 2 is 1.68 bits per heavy atom. The number of esters is 1. The summed E-state index contributed by atoms with van der Waals surface area (Å²) < 4.78 is 5.77. The maximum Gasteiger partial charge on any atom is 0.322 e. The molecule has 1 unspecified atom stereocenters. The van der Waals surface area contributed by atoms with Crippen LogP contribution in [0, 0.1) is 12.8 Å². The fourth-order valence-electron chi connectivity index (χ4n) is 4.61. The Morgan fingerprint density at radius 1 is 1.04 bits per heavy atom. The van der Waals surface area contributed by atoms with E-state index in [1.165, 1.54) is 0 Å². The quantitative estimate of drug-likeness (QED) is 0.481. The van der Waals surface area contributed by atoms with Gasteiger partial charge in [0.1, 0.15) is 5.92 Å². The van der Waals surface area contributed by atoms with Crippen LogP contribution in [0.2, 0.25) is 5.02 Å². The Morgan fingerprint density at radius 3 is 2.32 bits per heavy atom. The number of carbonyl (C=O) groups is 2. The van der Waals surface area contributed by atoms with Crippen molar-refractivity contribution in [1.82, 2.24) is 0 Å². The van der Waals surface area contributed by atoms with E-state index in [2.05, 4.69) is 6.92 Å². The second-order valence-electron chi connectivity index (χ2n) is 8.14. The number of hydrogen-bond donors (Lipinski definition) is 0. The highest BCUT2D eigenvalue weighted by atomic mass is 35.5. The van der Waals surface area contributed by atoms with Crippen LogP contribution in [-0.4, -0.2) is 17.4 Å². The minimum atomic E-state index is -0.907. The lowest BCUT2D eigenvalue weighted by Gasteiger charge is -2.34. The molecule has 4 rings (SSSR count). The molecule has 0 radical (unpaired) electrons. The van der Waals surface area contributed by atoms with Gasteiger partial charge in [0.05, 0.1) is 0 Å². The molecule has 2 aliphatic rings.